The van der Waals surface area contributed by atoms with Gasteiger partial charge in [0.15, 0.2) is 17.3 Å². The van der Waals surface area contributed by atoms with Crippen LogP contribution in [0.2, 0.25) is 0 Å². The van der Waals surface area contributed by atoms with E-state index in [1.54, 1.807) is 49.8 Å². The topological polar surface area (TPSA) is 71.1 Å². The molecular weight excluding hydrogens is 407 g/mol. The molecule has 0 saturated carbocycles. The van der Waals surface area contributed by atoms with Crippen molar-refractivity contribution in [1.29, 1.82) is 0 Å². The maximum absolute atomic E-state index is 15.3. The van der Waals surface area contributed by atoms with Crippen LogP contribution in [0.15, 0.2) is 55.0 Å². The molecule has 32 heavy (non-hydrogen) atoms. The highest BCUT2D eigenvalue weighted by atomic mass is 19.1. The Hall–Kier alpha value is -3.74. The lowest BCUT2D eigenvalue weighted by Crippen LogP contribution is -2.22. The third-order valence-corrected chi connectivity index (χ3v) is 5.53. The number of hydrogen-bond acceptors (Lipinski definition) is 5. The van der Waals surface area contributed by atoms with Crippen molar-refractivity contribution in [3.63, 3.8) is 0 Å². The van der Waals surface area contributed by atoms with Gasteiger partial charge in [0.1, 0.15) is 18.1 Å². The van der Waals surface area contributed by atoms with E-state index in [0.29, 0.717) is 22.2 Å². The van der Waals surface area contributed by atoms with Crippen molar-refractivity contribution in [3.8, 4) is 5.75 Å². The number of benzene rings is 1. The summed E-state index contributed by atoms with van der Waals surface area (Å²) in [6, 6.07) is 10.6. The number of fused-ring (bicyclic) bond motifs is 1. The molecule has 0 amide bonds. The Balaban J connectivity index is 1.56. The van der Waals surface area contributed by atoms with Gasteiger partial charge in [-0.1, -0.05) is 12.1 Å². The largest absolute Gasteiger partial charge is 0.486 e. The number of H-pyrrole nitrogens is 1. The number of ether oxygens (including phenoxy) is 1. The number of carbonyl (C=O) groups excluding carboxylic acids is 1. The molecule has 0 aliphatic rings. The Labute approximate surface area is 186 Å². The number of aryl methyl sites for hydroxylation is 1. The van der Waals surface area contributed by atoms with Gasteiger partial charge in [0, 0.05) is 48.2 Å². The highest BCUT2D eigenvalue weighted by molar-refractivity contribution is 6.16. The van der Waals surface area contributed by atoms with Crippen LogP contribution < -0.4 is 9.64 Å². The Kier molecular flexibility index (Phi) is 6.16. The molecule has 0 saturated heterocycles. The zero-order chi connectivity index (χ0) is 22.7. The van der Waals surface area contributed by atoms with Gasteiger partial charge >= 0.3 is 0 Å². The van der Waals surface area contributed by atoms with E-state index in [9.17, 15) is 4.79 Å². The zero-order valence-corrected chi connectivity index (χ0v) is 18.4. The molecule has 0 aliphatic carbocycles. The first-order valence-electron chi connectivity index (χ1n) is 10.6. The predicted octanol–water partition coefficient (Wildman–Crippen LogP) is 5.06. The maximum atomic E-state index is 15.3. The number of pyridine rings is 2. The molecule has 0 spiro atoms. The first-order chi connectivity index (χ1) is 15.5. The van der Waals surface area contributed by atoms with Crippen molar-refractivity contribution in [2.45, 2.75) is 27.4 Å². The SMILES string of the molecule is CCN(CC)c1ccc(COc2ccc(C)c(C(=O)c3c[nH]c4ncccc34)c2F)cn1. The molecule has 0 unspecified atom stereocenters. The summed E-state index contributed by atoms with van der Waals surface area (Å²) in [5.74, 6) is -0.151. The van der Waals surface area contributed by atoms with Crippen LogP contribution in [0.4, 0.5) is 10.2 Å². The standard InChI is InChI=1S/C25H25FN4O2/c1-4-30(5-2)21-11-9-17(13-28-21)15-32-20-10-8-16(3)22(23(20)26)24(31)19-14-29-25-18(19)7-6-12-27-25/h6-14H,4-5,15H2,1-3H3,(H,27,29). The summed E-state index contributed by atoms with van der Waals surface area (Å²) < 4.78 is 21.1. The van der Waals surface area contributed by atoms with Gasteiger partial charge in [0.2, 0.25) is 0 Å². The van der Waals surface area contributed by atoms with Crippen molar-refractivity contribution in [2.24, 2.45) is 0 Å². The fourth-order valence-corrected chi connectivity index (χ4v) is 3.72. The fourth-order valence-electron chi connectivity index (χ4n) is 3.72. The molecule has 1 N–H and O–H groups in total. The lowest BCUT2D eigenvalue weighted by molar-refractivity contribution is 0.103. The number of nitrogens with one attached hydrogen (secondary N) is 1. The highest BCUT2D eigenvalue weighted by Gasteiger charge is 2.23. The Bertz CT molecular complexity index is 1250. The van der Waals surface area contributed by atoms with Crippen molar-refractivity contribution >= 4 is 22.6 Å². The monoisotopic (exact) mass is 432 g/mol. The van der Waals surface area contributed by atoms with E-state index in [0.717, 1.165) is 24.5 Å². The molecule has 6 nitrogen and oxygen atoms in total. The summed E-state index contributed by atoms with van der Waals surface area (Å²) in [7, 11) is 0. The van der Waals surface area contributed by atoms with Crippen LogP contribution in [-0.4, -0.2) is 33.8 Å². The number of aromatic amines is 1. The summed E-state index contributed by atoms with van der Waals surface area (Å²) in [6.45, 7) is 7.76. The molecule has 0 aliphatic heterocycles. The summed E-state index contributed by atoms with van der Waals surface area (Å²) >= 11 is 0. The molecule has 0 radical (unpaired) electrons. The minimum Gasteiger partial charge on any atom is -0.486 e. The normalized spacial score (nSPS) is 11.0. The highest BCUT2D eigenvalue weighted by Crippen LogP contribution is 2.28. The molecule has 0 bridgehead atoms. The number of hydrogen-bond donors (Lipinski definition) is 1. The average Bonchev–Trinajstić information content (AvgIpc) is 3.24. The molecule has 4 rings (SSSR count). The van der Waals surface area contributed by atoms with Crippen molar-refractivity contribution in [2.75, 3.05) is 18.0 Å². The smallest absolute Gasteiger partial charge is 0.198 e. The van der Waals surface area contributed by atoms with Gasteiger partial charge < -0.3 is 14.6 Å². The van der Waals surface area contributed by atoms with Gasteiger partial charge in [0.05, 0.1) is 5.56 Å². The molecular formula is C25H25FN4O2. The molecule has 7 heteroatoms. The number of anilines is 1. The third-order valence-electron chi connectivity index (χ3n) is 5.53. The van der Waals surface area contributed by atoms with E-state index >= 15 is 4.39 Å². The van der Waals surface area contributed by atoms with Gasteiger partial charge in [-0.25, -0.2) is 14.4 Å². The lowest BCUT2D eigenvalue weighted by atomic mass is 9.98. The second-order valence-electron chi connectivity index (χ2n) is 7.49. The summed E-state index contributed by atoms with van der Waals surface area (Å²) in [6.07, 6.45) is 4.93. The van der Waals surface area contributed by atoms with Crippen LogP contribution in [0.1, 0.15) is 40.9 Å². The van der Waals surface area contributed by atoms with E-state index in [1.807, 2.05) is 12.1 Å². The van der Waals surface area contributed by atoms with Crippen LogP contribution >= 0.6 is 0 Å². The van der Waals surface area contributed by atoms with E-state index in [1.165, 1.54) is 0 Å². The molecule has 0 fully saturated rings. The second kappa shape index (κ2) is 9.18. The molecule has 3 aromatic heterocycles. The lowest BCUT2D eigenvalue weighted by Gasteiger charge is -2.19. The van der Waals surface area contributed by atoms with Crippen LogP contribution in [0.25, 0.3) is 11.0 Å². The summed E-state index contributed by atoms with van der Waals surface area (Å²) in [5.41, 5.74) is 2.33. The number of rotatable bonds is 8. The number of aromatic nitrogens is 3. The number of ketones is 1. The third kappa shape index (κ3) is 4.06. The van der Waals surface area contributed by atoms with Crippen LogP contribution in [-0.2, 0) is 6.61 Å². The Morgan fingerprint density at radius 2 is 1.94 bits per heavy atom. The van der Waals surface area contributed by atoms with Gasteiger partial charge in [-0.15, -0.1) is 0 Å². The van der Waals surface area contributed by atoms with E-state index in [4.69, 9.17) is 4.74 Å². The van der Waals surface area contributed by atoms with Crippen molar-refractivity contribution < 1.29 is 13.9 Å². The molecule has 0 atom stereocenters. The number of nitrogens with zero attached hydrogens (tertiary/aromatic N) is 3. The van der Waals surface area contributed by atoms with Gasteiger partial charge in [0.25, 0.3) is 0 Å². The Morgan fingerprint density at radius 3 is 2.66 bits per heavy atom. The average molecular weight is 432 g/mol. The maximum Gasteiger partial charge on any atom is 0.198 e. The number of halogens is 1. The van der Waals surface area contributed by atoms with Crippen LogP contribution in [0.3, 0.4) is 0 Å². The first kappa shape index (κ1) is 21.5. The van der Waals surface area contributed by atoms with Gasteiger partial charge in [-0.05, 0) is 50.6 Å². The van der Waals surface area contributed by atoms with Crippen LogP contribution in [0, 0.1) is 12.7 Å². The fraction of sp³-hybridized carbons (Fsp3) is 0.240. The molecule has 4 aromatic rings. The summed E-state index contributed by atoms with van der Waals surface area (Å²) in [4.78, 5) is 27.0. The quantitative estimate of drug-likeness (QED) is 0.394. The minimum absolute atomic E-state index is 0.00209. The Morgan fingerprint density at radius 1 is 1.12 bits per heavy atom. The predicted molar refractivity (Wildman–Crippen MR) is 123 cm³/mol. The second-order valence-corrected chi connectivity index (χ2v) is 7.49. The molecule has 1 aromatic carbocycles. The minimum atomic E-state index is -0.666. The van der Waals surface area contributed by atoms with Gasteiger partial charge in [-0.3, -0.25) is 4.79 Å². The summed E-state index contributed by atoms with van der Waals surface area (Å²) in [5, 5.41) is 0.655. The first-order valence-corrected chi connectivity index (χ1v) is 10.6. The zero-order valence-electron chi connectivity index (χ0n) is 18.4. The van der Waals surface area contributed by atoms with E-state index in [-0.39, 0.29) is 17.9 Å². The van der Waals surface area contributed by atoms with Crippen molar-refractivity contribution in [1.82, 2.24) is 15.0 Å². The van der Waals surface area contributed by atoms with Crippen molar-refractivity contribution in [3.05, 3.63) is 83.1 Å². The molecule has 3 heterocycles. The number of carbonyl (C=O) groups is 1. The van der Waals surface area contributed by atoms with E-state index < -0.39 is 11.6 Å². The van der Waals surface area contributed by atoms with Crippen LogP contribution in [0.5, 0.6) is 5.75 Å². The van der Waals surface area contributed by atoms with E-state index in [2.05, 4.69) is 33.7 Å². The molecule has 164 valence electrons. The van der Waals surface area contributed by atoms with Gasteiger partial charge in [-0.2, -0.15) is 0 Å².